The Morgan fingerprint density at radius 3 is 3.00 bits per heavy atom. The molecule has 100 valence electrons. The maximum atomic E-state index is 13.4. The van der Waals surface area contributed by atoms with Gasteiger partial charge in [0.2, 0.25) is 0 Å². The highest BCUT2D eigenvalue weighted by atomic mass is 19.1. The van der Waals surface area contributed by atoms with Crippen molar-refractivity contribution < 1.29 is 4.39 Å². The van der Waals surface area contributed by atoms with Gasteiger partial charge in [-0.05, 0) is 36.2 Å². The van der Waals surface area contributed by atoms with E-state index in [9.17, 15) is 4.39 Å². The second-order valence-corrected chi connectivity index (χ2v) is 5.18. The van der Waals surface area contributed by atoms with Crippen LogP contribution in [0.3, 0.4) is 0 Å². The lowest BCUT2D eigenvalue weighted by atomic mass is 10.1. The van der Waals surface area contributed by atoms with Crippen LogP contribution in [-0.4, -0.2) is 16.1 Å². The number of halogens is 1. The van der Waals surface area contributed by atoms with Gasteiger partial charge >= 0.3 is 0 Å². The van der Waals surface area contributed by atoms with Gasteiger partial charge in [0.1, 0.15) is 11.6 Å². The van der Waals surface area contributed by atoms with Crippen molar-refractivity contribution in [1.29, 1.82) is 0 Å². The molecular weight excluding hydrogens is 253 g/mol. The normalized spacial score (nSPS) is 13.5. The van der Waals surface area contributed by atoms with Crippen molar-refractivity contribution in [1.82, 2.24) is 9.55 Å². The molecule has 0 aliphatic carbocycles. The zero-order chi connectivity index (χ0) is 13.7. The van der Waals surface area contributed by atoms with Crippen molar-refractivity contribution in [2.45, 2.75) is 6.42 Å². The quantitative estimate of drug-likeness (QED) is 0.732. The predicted octanol–water partition coefficient (Wildman–Crippen LogP) is 3.35. The number of aromatic nitrogens is 2. The van der Waals surface area contributed by atoms with E-state index in [0.717, 1.165) is 35.4 Å². The smallest absolute Gasteiger partial charge is 0.140 e. The topological polar surface area (TPSA) is 29.9 Å². The lowest BCUT2D eigenvalue weighted by Crippen LogP contribution is -1.94. The SMILES string of the molecule is Cn1c(-c2ccc3c(c2)NCC3)nc2ccc(F)cc21. The van der Waals surface area contributed by atoms with Gasteiger partial charge < -0.3 is 9.88 Å². The molecule has 0 bridgehead atoms. The number of hydrogen-bond acceptors (Lipinski definition) is 2. The average molecular weight is 267 g/mol. The molecule has 0 amide bonds. The predicted molar refractivity (Wildman–Crippen MR) is 78.3 cm³/mol. The van der Waals surface area contributed by atoms with Crippen molar-refractivity contribution in [2.75, 3.05) is 11.9 Å². The Morgan fingerprint density at radius 1 is 1.20 bits per heavy atom. The summed E-state index contributed by atoms with van der Waals surface area (Å²) >= 11 is 0. The first-order chi connectivity index (χ1) is 9.72. The van der Waals surface area contributed by atoms with Crippen molar-refractivity contribution in [2.24, 2.45) is 7.05 Å². The Hall–Kier alpha value is -2.36. The molecule has 0 atom stereocenters. The van der Waals surface area contributed by atoms with Crippen molar-refractivity contribution in [3.05, 3.63) is 47.8 Å². The number of imidazole rings is 1. The van der Waals surface area contributed by atoms with Gasteiger partial charge in [0.15, 0.2) is 0 Å². The summed E-state index contributed by atoms with van der Waals surface area (Å²) < 4.78 is 15.3. The molecule has 2 heterocycles. The fourth-order valence-electron chi connectivity index (χ4n) is 2.85. The van der Waals surface area contributed by atoms with Crippen molar-refractivity contribution >= 4 is 16.7 Å². The molecule has 1 aliphatic heterocycles. The van der Waals surface area contributed by atoms with E-state index in [1.807, 2.05) is 11.6 Å². The third-order valence-corrected chi connectivity index (χ3v) is 3.92. The van der Waals surface area contributed by atoms with Crippen LogP contribution in [0, 0.1) is 5.82 Å². The van der Waals surface area contributed by atoms with E-state index in [1.54, 1.807) is 6.07 Å². The van der Waals surface area contributed by atoms with Gasteiger partial charge in [-0.1, -0.05) is 12.1 Å². The van der Waals surface area contributed by atoms with E-state index < -0.39 is 0 Å². The standard InChI is InChI=1S/C16H14FN3/c1-20-15-9-12(17)4-5-13(15)19-16(20)11-3-2-10-6-7-18-14(10)8-11/h2-5,8-9,18H,6-7H2,1H3. The van der Waals surface area contributed by atoms with Crippen molar-refractivity contribution in [3.8, 4) is 11.4 Å². The first kappa shape index (κ1) is 11.5. The third kappa shape index (κ3) is 1.61. The molecule has 20 heavy (non-hydrogen) atoms. The minimum absolute atomic E-state index is 0.234. The molecule has 3 nitrogen and oxygen atoms in total. The lowest BCUT2D eigenvalue weighted by molar-refractivity contribution is 0.629. The van der Waals surface area contributed by atoms with Crippen LogP contribution < -0.4 is 5.32 Å². The Labute approximate surface area is 116 Å². The highest BCUT2D eigenvalue weighted by molar-refractivity contribution is 5.81. The number of hydrogen-bond donors (Lipinski definition) is 1. The summed E-state index contributed by atoms with van der Waals surface area (Å²) in [7, 11) is 1.92. The summed E-state index contributed by atoms with van der Waals surface area (Å²) in [6, 6.07) is 11.1. The van der Waals surface area contributed by atoms with Crippen LogP contribution in [0.2, 0.25) is 0 Å². The molecule has 3 aromatic rings. The number of benzene rings is 2. The van der Waals surface area contributed by atoms with Gasteiger partial charge in [-0.2, -0.15) is 0 Å². The molecular formula is C16H14FN3. The zero-order valence-electron chi connectivity index (χ0n) is 11.2. The van der Waals surface area contributed by atoms with Crippen LogP contribution in [0.15, 0.2) is 36.4 Å². The summed E-state index contributed by atoms with van der Waals surface area (Å²) in [5.74, 6) is 0.629. The molecule has 0 unspecified atom stereocenters. The molecule has 1 aliphatic rings. The van der Waals surface area contributed by atoms with Gasteiger partial charge in [0.25, 0.3) is 0 Å². The molecule has 0 saturated carbocycles. The number of nitrogens with one attached hydrogen (secondary N) is 1. The van der Waals surface area contributed by atoms with Gasteiger partial charge in [-0.25, -0.2) is 9.37 Å². The molecule has 1 N–H and O–H groups in total. The highest BCUT2D eigenvalue weighted by Crippen LogP contribution is 2.30. The molecule has 0 radical (unpaired) electrons. The third-order valence-electron chi connectivity index (χ3n) is 3.92. The van der Waals surface area contributed by atoms with Crippen LogP contribution in [0.1, 0.15) is 5.56 Å². The van der Waals surface area contributed by atoms with E-state index in [-0.39, 0.29) is 5.82 Å². The molecule has 1 aromatic heterocycles. The van der Waals surface area contributed by atoms with E-state index >= 15 is 0 Å². The van der Waals surface area contributed by atoms with E-state index in [2.05, 4.69) is 28.5 Å². The van der Waals surface area contributed by atoms with E-state index in [1.165, 1.54) is 23.4 Å². The number of nitrogens with zero attached hydrogens (tertiary/aromatic N) is 2. The summed E-state index contributed by atoms with van der Waals surface area (Å²) in [6.45, 7) is 0.993. The number of rotatable bonds is 1. The molecule has 0 saturated heterocycles. The van der Waals surface area contributed by atoms with Gasteiger partial charge in [0.05, 0.1) is 11.0 Å². The number of fused-ring (bicyclic) bond motifs is 2. The van der Waals surface area contributed by atoms with E-state index in [4.69, 9.17) is 0 Å². The van der Waals surface area contributed by atoms with Crippen LogP contribution in [-0.2, 0) is 13.5 Å². The van der Waals surface area contributed by atoms with Gasteiger partial charge in [-0.3, -0.25) is 0 Å². The Bertz CT molecular complexity index is 820. The maximum Gasteiger partial charge on any atom is 0.140 e. The first-order valence-corrected chi connectivity index (χ1v) is 6.71. The molecule has 0 fully saturated rings. The van der Waals surface area contributed by atoms with E-state index in [0.29, 0.717) is 0 Å². The Kier molecular flexibility index (Phi) is 2.33. The second-order valence-electron chi connectivity index (χ2n) is 5.18. The lowest BCUT2D eigenvalue weighted by Gasteiger charge is -2.05. The highest BCUT2D eigenvalue weighted by Gasteiger charge is 2.14. The maximum absolute atomic E-state index is 13.4. The van der Waals surface area contributed by atoms with Crippen LogP contribution in [0.25, 0.3) is 22.4 Å². The summed E-state index contributed by atoms with van der Waals surface area (Å²) in [6.07, 6.45) is 1.07. The summed E-state index contributed by atoms with van der Waals surface area (Å²) in [4.78, 5) is 4.62. The van der Waals surface area contributed by atoms with Crippen molar-refractivity contribution in [3.63, 3.8) is 0 Å². The molecule has 4 heteroatoms. The molecule has 2 aromatic carbocycles. The minimum Gasteiger partial charge on any atom is -0.384 e. The summed E-state index contributed by atoms with van der Waals surface area (Å²) in [5.41, 5.74) is 5.21. The first-order valence-electron chi connectivity index (χ1n) is 6.71. The molecule has 4 rings (SSSR count). The Balaban J connectivity index is 1.92. The second kappa shape index (κ2) is 4.07. The molecule has 0 spiro atoms. The zero-order valence-corrected chi connectivity index (χ0v) is 11.2. The largest absolute Gasteiger partial charge is 0.384 e. The fraction of sp³-hybridized carbons (Fsp3) is 0.188. The monoisotopic (exact) mass is 267 g/mol. The van der Waals surface area contributed by atoms with Crippen LogP contribution in [0.4, 0.5) is 10.1 Å². The van der Waals surface area contributed by atoms with Gasteiger partial charge in [-0.15, -0.1) is 0 Å². The van der Waals surface area contributed by atoms with Crippen LogP contribution in [0.5, 0.6) is 0 Å². The van der Waals surface area contributed by atoms with Crippen LogP contribution >= 0.6 is 0 Å². The summed E-state index contributed by atoms with van der Waals surface area (Å²) in [5, 5.41) is 3.38. The number of aryl methyl sites for hydroxylation is 1. The minimum atomic E-state index is -0.234. The van der Waals surface area contributed by atoms with Gasteiger partial charge in [0, 0.05) is 24.8 Å². The fourth-order valence-corrected chi connectivity index (χ4v) is 2.85. The number of anilines is 1. The average Bonchev–Trinajstić information content (AvgIpc) is 3.03. The Morgan fingerprint density at radius 2 is 2.10 bits per heavy atom.